The molecule has 2 unspecified atom stereocenters. The number of alkyl carbamates (subject to hydrolysis) is 1. The molecule has 2 atom stereocenters. The molecule has 0 aromatic heterocycles. The zero-order valence-corrected chi connectivity index (χ0v) is 26.7. The molecule has 3 aromatic carbocycles. The smallest absolute Gasteiger partial charge is 0.408 e. The number of nitrogens with zero attached hydrogens (tertiary/aromatic N) is 1. The number of hydrogen-bond donors (Lipinski definition) is 3. The SMILES string of the molecule is CCC(C)(C)N(C(=O)C(Cc1ccccc1)NC(=O)OC(C)(C)C)C(C(=O)Nc1c(C)cccc1Cl)c1ccc(O)cc1. The highest BCUT2D eigenvalue weighted by molar-refractivity contribution is 6.34. The van der Waals surface area contributed by atoms with E-state index in [0.29, 0.717) is 22.7 Å². The summed E-state index contributed by atoms with van der Waals surface area (Å²) in [5, 5.41) is 16.1. The highest BCUT2D eigenvalue weighted by atomic mass is 35.5. The second-order valence-corrected chi connectivity index (χ2v) is 12.6. The van der Waals surface area contributed by atoms with Gasteiger partial charge in [-0.2, -0.15) is 0 Å². The lowest BCUT2D eigenvalue weighted by Gasteiger charge is -2.44. The maximum atomic E-state index is 14.7. The topological polar surface area (TPSA) is 108 Å². The van der Waals surface area contributed by atoms with Crippen LogP contribution in [0.1, 0.15) is 70.7 Å². The van der Waals surface area contributed by atoms with E-state index < -0.39 is 41.1 Å². The number of anilines is 1. The first-order valence-electron chi connectivity index (χ1n) is 14.3. The van der Waals surface area contributed by atoms with E-state index in [2.05, 4.69) is 10.6 Å². The molecule has 0 fully saturated rings. The maximum absolute atomic E-state index is 14.7. The zero-order chi connectivity index (χ0) is 31.9. The van der Waals surface area contributed by atoms with E-state index in [1.807, 2.05) is 64.1 Å². The number of phenolic OH excluding ortho intramolecular Hbond substituents is 1. The summed E-state index contributed by atoms with van der Waals surface area (Å²) in [5.74, 6) is -0.941. The Balaban J connectivity index is 2.16. The number of amides is 3. The van der Waals surface area contributed by atoms with Crippen molar-refractivity contribution in [1.29, 1.82) is 0 Å². The van der Waals surface area contributed by atoms with Crippen LogP contribution in [0.3, 0.4) is 0 Å². The Morgan fingerprint density at radius 1 is 0.930 bits per heavy atom. The third-order valence-electron chi connectivity index (χ3n) is 7.21. The molecule has 0 radical (unpaired) electrons. The van der Waals surface area contributed by atoms with Crippen molar-refractivity contribution >= 4 is 35.2 Å². The highest BCUT2D eigenvalue weighted by Crippen LogP contribution is 2.35. The fourth-order valence-corrected chi connectivity index (χ4v) is 4.94. The Labute approximate surface area is 259 Å². The number of carbonyl (C=O) groups excluding carboxylic acids is 3. The summed E-state index contributed by atoms with van der Waals surface area (Å²) in [4.78, 5) is 43.5. The normalized spacial score (nSPS) is 13.0. The molecule has 3 N–H and O–H groups in total. The third-order valence-corrected chi connectivity index (χ3v) is 7.53. The molecule has 0 heterocycles. The molecular formula is C34H42ClN3O5. The van der Waals surface area contributed by atoms with Gasteiger partial charge in [-0.25, -0.2) is 4.79 Å². The van der Waals surface area contributed by atoms with Gasteiger partial charge in [0.05, 0.1) is 10.7 Å². The molecule has 0 aliphatic heterocycles. The van der Waals surface area contributed by atoms with E-state index in [4.69, 9.17) is 16.3 Å². The maximum Gasteiger partial charge on any atom is 0.408 e. The summed E-state index contributed by atoms with van der Waals surface area (Å²) in [6.45, 7) is 12.7. The van der Waals surface area contributed by atoms with Gasteiger partial charge in [-0.05, 0) is 82.9 Å². The molecule has 0 saturated heterocycles. The number of rotatable bonds is 10. The molecule has 0 aliphatic carbocycles. The fraction of sp³-hybridized carbons (Fsp3) is 0.382. The van der Waals surface area contributed by atoms with Crippen molar-refractivity contribution in [3.05, 3.63) is 94.5 Å². The van der Waals surface area contributed by atoms with Crippen molar-refractivity contribution in [3.8, 4) is 5.75 Å². The molecule has 0 spiro atoms. The monoisotopic (exact) mass is 607 g/mol. The lowest BCUT2D eigenvalue weighted by atomic mass is 9.91. The first-order chi connectivity index (χ1) is 20.1. The molecule has 0 bridgehead atoms. The molecule has 0 saturated carbocycles. The van der Waals surface area contributed by atoms with Gasteiger partial charge in [0.25, 0.3) is 5.91 Å². The van der Waals surface area contributed by atoms with Crippen molar-refractivity contribution < 1.29 is 24.2 Å². The number of aromatic hydroxyl groups is 1. The van der Waals surface area contributed by atoms with Crippen molar-refractivity contribution in [1.82, 2.24) is 10.2 Å². The molecule has 0 aliphatic rings. The van der Waals surface area contributed by atoms with Gasteiger partial charge >= 0.3 is 6.09 Å². The van der Waals surface area contributed by atoms with Gasteiger partial charge in [-0.3, -0.25) is 9.59 Å². The number of ether oxygens (including phenoxy) is 1. The van der Waals surface area contributed by atoms with Gasteiger partial charge in [-0.1, -0.05) is 73.1 Å². The Hall–Kier alpha value is -4.04. The summed E-state index contributed by atoms with van der Waals surface area (Å²) in [6, 6.07) is 18.6. The third kappa shape index (κ3) is 8.97. The number of benzene rings is 3. The summed E-state index contributed by atoms with van der Waals surface area (Å²) in [7, 11) is 0. The van der Waals surface area contributed by atoms with E-state index >= 15 is 0 Å². The van der Waals surface area contributed by atoms with E-state index in [-0.39, 0.29) is 12.2 Å². The van der Waals surface area contributed by atoms with Crippen LogP contribution in [0.2, 0.25) is 5.02 Å². The van der Waals surface area contributed by atoms with Crippen LogP contribution in [0.5, 0.6) is 5.75 Å². The van der Waals surface area contributed by atoms with Crippen molar-refractivity contribution in [3.63, 3.8) is 0 Å². The Morgan fingerprint density at radius 2 is 1.56 bits per heavy atom. The molecule has 3 aromatic rings. The summed E-state index contributed by atoms with van der Waals surface area (Å²) in [5.41, 5.74) is 0.860. The minimum atomic E-state index is -1.14. The number of halogens is 1. The quantitative estimate of drug-likeness (QED) is 0.226. The first kappa shape index (κ1) is 33.5. The molecule has 3 amide bonds. The number of carbonyl (C=O) groups is 3. The van der Waals surface area contributed by atoms with Crippen LogP contribution in [-0.2, 0) is 20.7 Å². The van der Waals surface area contributed by atoms with Crippen molar-refractivity contribution in [2.24, 2.45) is 0 Å². The fourth-order valence-electron chi connectivity index (χ4n) is 4.67. The van der Waals surface area contributed by atoms with Gasteiger partial charge < -0.3 is 25.4 Å². The van der Waals surface area contributed by atoms with Gasteiger partial charge in [0.15, 0.2) is 0 Å². The Kier molecular flexibility index (Phi) is 10.9. The Bertz CT molecular complexity index is 1400. The minimum absolute atomic E-state index is 0.0195. The van der Waals surface area contributed by atoms with Gasteiger partial charge in [0.1, 0.15) is 23.4 Å². The largest absolute Gasteiger partial charge is 0.508 e. The number of hydrogen-bond acceptors (Lipinski definition) is 5. The second-order valence-electron chi connectivity index (χ2n) is 12.2. The van der Waals surface area contributed by atoms with E-state index in [0.717, 1.165) is 11.1 Å². The van der Waals surface area contributed by atoms with E-state index in [1.165, 1.54) is 17.0 Å². The molecular weight excluding hydrogens is 566 g/mol. The minimum Gasteiger partial charge on any atom is -0.508 e. The van der Waals surface area contributed by atoms with E-state index in [1.54, 1.807) is 45.0 Å². The van der Waals surface area contributed by atoms with Crippen LogP contribution in [0, 0.1) is 6.92 Å². The van der Waals surface area contributed by atoms with Crippen molar-refractivity contribution in [2.45, 2.75) is 84.5 Å². The molecule has 8 nitrogen and oxygen atoms in total. The van der Waals surface area contributed by atoms with Crippen LogP contribution >= 0.6 is 11.6 Å². The van der Waals surface area contributed by atoms with Crippen molar-refractivity contribution in [2.75, 3.05) is 5.32 Å². The second kappa shape index (κ2) is 14.0. The standard InChI is InChI=1S/C34H42ClN3O5/c1-8-34(6,7)38(31(41)27(21-23-14-10-9-11-15-23)36-32(42)43-33(3,4)5)29(24-17-19-25(39)20-18-24)30(40)37-28-22(2)13-12-16-26(28)35/h9-20,27,29,39H,8,21H2,1-7H3,(H,36,42)(H,37,40). The molecule has 230 valence electrons. The predicted molar refractivity (Wildman–Crippen MR) is 170 cm³/mol. The number of nitrogens with one attached hydrogen (secondary N) is 2. The number of aryl methyl sites for hydroxylation is 1. The van der Waals surface area contributed by atoms with Crippen LogP contribution in [0.15, 0.2) is 72.8 Å². The molecule has 9 heteroatoms. The van der Waals surface area contributed by atoms with Crippen LogP contribution in [0.25, 0.3) is 0 Å². The first-order valence-corrected chi connectivity index (χ1v) is 14.7. The van der Waals surface area contributed by atoms with Gasteiger partial charge in [0, 0.05) is 12.0 Å². The molecule has 43 heavy (non-hydrogen) atoms. The number of phenols is 1. The lowest BCUT2D eigenvalue weighted by Crippen LogP contribution is -2.59. The van der Waals surface area contributed by atoms with E-state index in [9.17, 15) is 19.5 Å². The zero-order valence-electron chi connectivity index (χ0n) is 25.9. The summed E-state index contributed by atoms with van der Waals surface area (Å²) in [6.07, 6.45) is -0.0766. The molecule has 3 rings (SSSR count). The average molecular weight is 608 g/mol. The number of para-hydroxylation sites is 1. The predicted octanol–water partition coefficient (Wildman–Crippen LogP) is 7.19. The van der Waals surface area contributed by atoms with Gasteiger partial charge in [-0.15, -0.1) is 0 Å². The van der Waals surface area contributed by atoms with Crippen LogP contribution in [0.4, 0.5) is 10.5 Å². The highest BCUT2D eigenvalue weighted by Gasteiger charge is 2.43. The van der Waals surface area contributed by atoms with Crippen LogP contribution < -0.4 is 10.6 Å². The van der Waals surface area contributed by atoms with Crippen LogP contribution in [-0.4, -0.2) is 45.1 Å². The van der Waals surface area contributed by atoms with Gasteiger partial charge in [0.2, 0.25) is 5.91 Å². The lowest BCUT2D eigenvalue weighted by molar-refractivity contribution is -0.147. The summed E-state index contributed by atoms with van der Waals surface area (Å²) < 4.78 is 5.52. The average Bonchev–Trinajstić information content (AvgIpc) is 2.93. The summed E-state index contributed by atoms with van der Waals surface area (Å²) >= 11 is 6.47. The Morgan fingerprint density at radius 3 is 2.12 bits per heavy atom.